The maximum absolute atomic E-state index is 12.5. The van der Waals surface area contributed by atoms with Crippen molar-refractivity contribution in [2.24, 2.45) is 35.0 Å². The van der Waals surface area contributed by atoms with Crippen LogP contribution in [0.4, 0.5) is 0 Å². The van der Waals surface area contributed by atoms with Gasteiger partial charge in [-0.2, -0.15) is 0 Å². The Morgan fingerprint density at radius 1 is 1.05 bits per heavy atom. The van der Waals surface area contributed by atoms with Crippen LogP contribution in [0.5, 0.6) is 0 Å². The Bertz CT molecular complexity index is 972. The van der Waals surface area contributed by atoms with E-state index in [1.165, 1.54) is 43.3 Å². The standard InChI is InChI=1S/C33H49NO3/c1-21(2)22(3)9-10-24(5)28-15-16-29-25(8-7-19-33(28,29)6)12-13-26-20-27(14-11-23(26)4)37-32(36)30-17-18-31(35)34-30/h9-10,12-13,21-22,24,27-30H,4,7-8,11,14-20H2,1-3,5-6H3,(H,34,35)/b10-9+,25-12+,26-13-/t22-,24+,27-,28+,29-,30-,33+/m0/s1. The van der Waals surface area contributed by atoms with Gasteiger partial charge in [0, 0.05) is 12.8 Å². The van der Waals surface area contributed by atoms with Gasteiger partial charge in [-0.05, 0) is 91.9 Å². The summed E-state index contributed by atoms with van der Waals surface area (Å²) in [5.74, 6) is 3.00. The first-order valence-corrected chi connectivity index (χ1v) is 14.8. The summed E-state index contributed by atoms with van der Waals surface area (Å²) in [6.45, 7) is 16.3. The van der Waals surface area contributed by atoms with Crippen molar-refractivity contribution in [3.63, 3.8) is 0 Å². The predicted octanol–water partition coefficient (Wildman–Crippen LogP) is 7.47. The molecule has 0 spiro atoms. The number of esters is 1. The first-order valence-electron chi connectivity index (χ1n) is 14.8. The molecule has 1 amide bonds. The number of nitrogens with one attached hydrogen (secondary N) is 1. The number of allylic oxidation sites excluding steroid dienone is 6. The van der Waals surface area contributed by atoms with Gasteiger partial charge in [0.25, 0.3) is 0 Å². The van der Waals surface area contributed by atoms with E-state index in [9.17, 15) is 9.59 Å². The lowest BCUT2D eigenvalue weighted by molar-refractivity contribution is -0.152. The number of carbonyl (C=O) groups is 2. The van der Waals surface area contributed by atoms with Crippen molar-refractivity contribution in [3.05, 3.63) is 47.6 Å². The second-order valence-electron chi connectivity index (χ2n) is 12.9. The molecule has 3 aliphatic carbocycles. The van der Waals surface area contributed by atoms with E-state index in [1.807, 2.05) is 0 Å². The summed E-state index contributed by atoms with van der Waals surface area (Å²) < 4.78 is 5.81. The van der Waals surface area contributed by atoms with Crippen LogP contribution in [0.2, 0.25) is 0 Å². The van der Waals surface area contributed by atoms with Gasteiger partial charge in [0.2, 0.25) is 5.91 Å². The maximum atomic E-state index is 12.5. The Balaban J connectivity index is 1.42. The fourth-order valence-corrected chi connectivity index (χ4v) is 7.37. The Hall–Kier alpha value is -2.10. The average molecular weight is 508 g/mol. The van der Waals surface area contributed by atoms with Crippen LogP contribution < -0.4 is 5.32 Å². The largest absolute Gasteiger partial charge is 0.460 e. The molecule has 4 fully saturated rings. The first kappa shape index (κ1) is 27.9. The van der Waals surface area contributed by atoms with Crippen LogP contribution in [-0.4, -0.2) is 24.0 Å². The summed E-state index contributed by atoms with van der Waals surface area (Å²) in [6.07, 6.45) is 19.2. The van der Waals surface area contributed by atoms with Crippen molar-refractivity contribution in [1.29, 1.82) is 0 Å². The monoisotopic (exact) mass is 507 g/mol. The van der Waals surface area contributed by atoms with E-state index in [1.54, 1.807) is 5.57 Å². The Kier molecular flexibility index (Phi) is 8.86. The van der Waals surface area contributed by atoms with Gasteiger partial charge in [-0.15, -0.1) is 0 Å². The molecule has 4 heteroatoms. The fraction of sp³-hybridized carbons (Fsp3) is 0.697. The minimum absolute atomic E-state index is 0.0599. The molecule has 0 unspecified atom stereocenters. The molecule has 4 aliphatic rings. The summed E-state index contributed by atoms with van der Waals surface area (Å²) in [4.78, 5) is 24.0. The number of ether oxygens (including phenoxy) is 1. The lowest BCUT2D eigenvalue weighted by Gasteiger charge is -2.44. The highest BCUT2D eigenvalue weighted by Gasteiger charge is 2.50. The number of amides is 1. The van der Waals surface area contributed by atoms with Crippen molar-refractivity contribution >= 4 is 11.9 Å². The summed E-state index contributed by atoms with van der Waals surface area (Å²) >= 11 is 0. The third-order valence-corrected chi connectivity index (χ3v) is 10.2. The molecule has 1 N–H and O–H groups in total. The van der Waals surface area contributed by atoms with E-state index in [-0.39, 0.29) is 18.0 Å². The van der Waals surface area contributed by atoms with Gasteiger partial charge in [-0.1, -0.05) is 76.6 Å². The van der Waals surface area contributed by atoms with Crippen molar-refractivity contribution in [1.82, 2.24) is 5.32 Å². The van der Waals surface area contributed by atoms with Gasteiger partial charge in [0.15, 0.2) is 0 Å². The molecule has 0 aromatic heterocycles. The van der Waals surface area contributed by atoms with Gasteiger partial charge >= 0.3 is 5.97 Å². The van der Waals surface area contributed by atoms with Crippen molar-refractivity contribution < 1.29 is 14.3 Å². The van der Waals surface area contributed by atoms with E-state index in [0.717, 1.165) is 25.2 Å². The summed E-state index contributed by atoms with van der Waals surface area (Å²) in [7, 11) is 0. The van der Waals surface area contributed by atoms with E-state index in [2.05, 4.69) is 70.8 Å². The minimum atomic E-state index is -0.478. The second-order valence-corrected chi connectivity index (χ2v) is 12.9. The number of hydrogen-bond acceptors (Lipinski definition) is 3. The molecule has 0 aromatic carbocycles. The molecule has 0 aromatic rings. The van der Waals surface area contributed by atoms with E-state index in [4.69, 9.17) is 4.74 Å². The minimum Gasteiger partial charge on any atom is -0.460 e. The normalized spacial score (nSPS) is 36.3. The van der Waals surface area contributed by atoms with Crippen LogP contribution in [0.1, 0.15) is 98.8 Å². The molecule has 4 rings (SSSR count). The summed E-state index contributed by atoms with van der Waals surface area (Å²) in [6, 6.07) is -0.478. The molecule has 4 nitrogen and oxygen atoms in total. The molecular weight excluding hydrogens is 458 g/mol. The number of carbonyl (C=O) groups excluding carboxylic acids is 2. The fourth-order valence-electron chi connectivity index (χ4n) is 7.37. The zero-order valence-electron chi connectivity index (χ0n) is 23.9. The molecule has 37 heavy (non-hydrogen) atoms. The Morgan fingerprint density at radius 3 is 2.54 bits per heavy atom. The maximum Gasteiger partial charge on any atom is 0.328 e. The molecule has 1 aliphatic heterocycles. The molecule has 7 atom stereocenters. The van der Waals surface area contributed by atoms with Gasteiger partial charge in [-0.3, -0.25) is 4.79 Å². The molecule has 0 bridgehead atoms. The number of fused-ring (bicyclic) bond motifs is 1. The van der Waals surface area contributed by atoms with Crippen molar-refractivity contribution in [2.45, 2.75) is 111 Å². The summed E-state index contributed by atoms with van der Waals surface area (Å²) in [5.41, 5.74) is 4.36. The SMILES string of the molecule is C=C1CC[C@H](OC(=O)[C@@H]2CCC(=O)N2)C/C1=C/C=C1\CCC[C@]2(C)[C@@H]([C@H](C)/C=C/[C@H](C)C(C)C)CC[C@@H]12. The molecule has 204 valence electrons. The predicted molar refractivity (Wildman–Crippen MR) is 151 cm³/mol. The van der Waals surface area contributed by atoms with Gasteiger partial charge < -0.3 is 10.1 Å². The first-order chi connectivity index (χ1) is 17.6. The van der Waals surface area contributed by atoms with Crippen LogP contribution in [0.3, 0.4) is 0 Å². The van der Waals surface area contributed by atoms with Crippen LogP contribution in [0, 0.1) is 35.0 Å². The van der Waals surface area contributed by atoms with Crippen molar-refractivity contribution in [3.8, 4) is 0 Å². The quantitative estimate of drug-likeness (QED) is 0.287. The Labute approximate surface area is 225 Å². The van der Waals surface area contributed by atoms with Crippen LogP contribution in [0.25, 0.3) is 0 Å². The van der Waals surface area contributed by atoms with Gasteiger partial charge in [0.1, 0.15) is 12.1 Å². The van der Waals surface area contributed by atoms with Crippen molar-refractivity contribution in [2.75, 3.05) is 0 Å². The van der Waals surface area contributed by atoms with Gasteiger partial charge in [-0.25, -0.2) is 4.79 Å². The Morgan fingerprint density at radius 2 is 1.84 bits per heavy atom. The van der Waals surface area contributed by atoms with E-state index < -0.39 is 6.04 Å². The molecule has 3 saturated carbocycles. The highest BCUT2D eigenvalue weighted by atomic mass is 16.5. The zero-order chi connectivity index (χ0) is 26.7. The summed E-state index contributed by atoms with van der Waals surface area (Å²) in [5, 5.41) is 2.73. The third kappa shape index (κ3) is 6.32. The lowest BCUT2D eigenvalue weighted by Crippen LogP contribution is -2.37. The molecular formula is C33H49NO3. The highest BCUT2D eigenvalue weighted by Crippen LogP contribution is 2.59. The number of rotatable bonds is 7. The molecule has 1 saturated heterocycles. The van der Waals surface area contributed by atoms with E-state index in [0.29, 0.717) is 41.9 Å². The van der Waals surface area contributed by atoms with E-state index >= 15 is 0 Å². The van der Waals surface area contributed by atoms with Crippen LogP contribution in [-0.2, 0) is 14.3 Å². The smallest absolute Gasteiger partial charge is 0.328 e. The average Bonchev–Trinajstić information content (AvgIpc) is 3.45. The lowest BCUT2D eigenvalue weighted by atomic mass is 9.61. The molecule has 0 radical (unpaired) electrons. The third-order valence-electron chi connectivity index (χ3n) is 10.2. The topological polar surface area (TPSA) is 55.4 Å². The zero-order valence-corrected chi connectivity index (χ0v) is 23.9. The van der Waals surface area contributed by atoms with Crippen LogP contribution in [0.15, 0.2) is 47.6 Å². The highest BCUT2D eigenvalue weighted by molar-refractivity contribution is 5.88. The number of hydrogen-bond donors (Lipinski definition) is 1. The van der Waals surface area contributed by atoms with Gasteiger partial charge in [0.05, 0.1) is 0 Å². The van der Waals surface area contributed by atoms with Crippen LogP contribution >= 0.6 is 0 Å². The second kappa shape index (κ2) is 11.7. The molecule has 1 heterocycles.